The largest absolute Gasteiger partial charge is 0.490 e. The maximum absolute atomic E-state index is 13.2. The van der Waals surface area contributed by atoms with Crippen LogP contribution in [0.5, 0.6) is 11.5 Å². The number of carbonyl (C=O) groups is 3. The normalized spacial score (nSPS) is 14.8. The molecule has 0 aromatic heterocycles. The molecule has 4 amide bonds. The van der Waals surface area contributed by atoms with E-state index in [2.05, 4.69) is 5.32 Å². The summed E-state index contributed by atoms with van der Waals surface area (Å²) in [6.07, 6.45) is 1.37. The van der Waals surface area contributed by atoms with Gasteiger partial charge in [0.2, 0.25) is 0 Å². The van der Waals surface area contributed by atoms with Crippen LogP contribution in [0.4, 0.5) is 10.5 Å². The number of aryl methyl sites for hydroxylation is 2. The van der Waals surface area contributed by atoms with Crippen LogP contribution in [0.3, 0.4) is 0 Å². The minimum absolute atomic E-state index is 0.215. The van der Waals surface area contributed by atoms with Crippen molar-refractivity contribution in [2.45, 2.75) is 13.8 Å². The van der Waals surface area contributed by atoms with E-state index in [1.807, 2.05) is 38.1 Å². The highest BCUT2D eigenvalue weighted by Crippen LogP contribution is 2.28. The molecule has 8 heteroatoms. The fourth-order valence-corrected chi connectivity index (χ4v) is 3.63. The number of urea groups is 1. The highest BCUT2D eigenvalue weighted by Gasteiger charge is 2.37. The Balaban J connectivity index is 1.54. The quantitative estimate of drug-likeness (QED) is 0.283. The second-order valence-corrected chi connectivity index (χ2v) is 8.42. The lowest BCUT2D eigenvalue weighted by Gasteiger charge is -2.26. The molecule has 1 fully saturated rings. The van der Waals surface area contributed by atoms with Gasteiger partial charge in [-0.05, 0) is 62.4 Å². The Morgan fingerprint density at radius 2 is 1.49 bits per heavy atom. The summed E-state index contributed by atoms with van der Waals surface area (Å²) >= 11 is 6.16. The molecule has 4 rings (SSSR count). The maximum Gasteiger partial charge on any atom is 0.335 e. The summed E-state index contributed by atoms with van der Waals surface area (Å²) in [6, 6.07) is 18.6. The topological polar surface area (TPSA) is 84.9 Å². The molecule has 178 valence electrons. The zero-order chi connectivity index (χ0) is 24.9. The Kier molecular flexibility index (Phi) is 7.17. The van der Waals surface area contributed by atoms with E-state index in [-0.39, 0.29) is 18.8 Å². The molecule has 7 nitrogen and oxygen atoms in total. The Morgan fingerprint density at radius 1 is 0.857 bits per heavy atom. The van der Waals surface area contributed by atoms with Crippen molar-refractivity contribution in [3.8, 4) is 11.5 Å². The Bertz CT molecular complexity index is 1300. The molecule has 0 atom stereocenters. The lowest BCUT2D eigenvalue weighted by atomic mass is 10.1. The summed E-state index contributed by atoms with van der Waals surface area (Å²) in [5, 5.41) is 2.62. The summed E-state index contributed by atoms with van der Waals surface area (Å²) in [7, 11) is 0. The van der Waals surface area contributed by atoms with E-state index in [0.29, 0.717) is 22.0 Å². The first-order valence-electron chi connectivity index (χ1n) is 10.9. The summed E-state index contributed by atoms with van der Waals surface area (Å²) in [6.45, 7) is 4.40. The Labute approximate surface area is 207 Å². The van der Waals surface area contributed by atoms with Crippen LogP contribution in [0.1, 0.15) is 16.7 Å². The van der Waals surface area contributed by atoms with Crippen LogP contribution in [-0.2, 0) is 9.59 Å². The standard InChI is InChI=1S/C27H23ClN2O5/c1-17-3-8-21(9-4-17)30-26(32)23(25(31)29-27(30)33)16-19-15-20(28)7-12-24(19)35-14-13-34-22-10-5-18(2)6-11-22/h3-12,15-16H,13-14H2,1-2H3,(H,29,31,33)/b23-16-. The third kappa shape index (κ3) is 5.70. The third-order valence-electron chi connectivity index (χ3n) is 5.30. The van der Waals surface area contributed by atoms with Gasteiger partial charge in [0, 0.05) is 10.6 Å². The van der Waals surface area contributed by atoms with Gasteiger partial charge < -0.3 is 9.47 Å². The van der Waals surface area contributed by atoms with Crippen molar-refractivity contribution >= 4 is 41.2 Å². The number of benzene rings is 3. The molecule has 3 aromatic carbocycles. The summed E-state index contributed by atoms with van der Waals surface area (Å²) in [5.41, 5.74) is 2.67. The van der Waals surface area contributed by atoms with Crippen molar-refractivity contribution < 1.29 is 23.9 Å². The molecule has 0 unspecified atom stereocenters. The third-order valence-corrected chi connectivity index (χ3v) is 5.53. The van der Waals surface area contributed by atoms with Gasteiger partial charge in [0.1, 0.15) is 30.3 Å². The molecular weight excluding hydrogens is 468 g/mol. The highest BCUT2D eigenvalue weighted by molar-refractivity contribution is 6.39. The van der Waals surface area contributed by atoms with Crippen LogP contribution in [0, 0.1) is 13.8 Å². The van der Waals surface area contributed by atoms with Crippen molar-refractivity contribution in [1.82, 2.24) is 5.32 Å². The number of nitrogens with one attached hydrogen (secondary N) is 1. The number of hydrogen-bond donors (Lipinski definition) is 1. The summed E-state index contributed by atoms with van der Waals surface area (Å²) in [4.78, 5) is 39.0. The maximum atomic E-state index is 13.2. The van der Waals surface area contributed by atoms with Gasteiger partial charge in [0.25, 0.3) is 11.8 Å². The van der Waals surface area contributed by atoms with Crippen LogP contribution in [-0.4, -0.2) is 31.1 Å². The predicted octanol–water partition coefficient (Wildman–Crippen LogP) is 5.08. The number of barbiturate groups is 1. The number of anilines is 1. The van der Waals surface area contributed by atoms with Crippen molar-refractivity contribution in [1.29, 1.82) is 0 Å². The number of hydrogen-bond acceptors (Lipinski definition) is 5. The van der Waals surface area contributed by atoms with Crippen LogP contribution in [0.25, 0.3) is 6.08 Å². The highest BCUT2D eigenvalue weighted by atomic mass is 35.5. The Hall–Kier alpha value is -4.10. The number of rotatable bonds is 7. The van der Waals surface area contributed by atoms with Crippen LogP contribution >= 0.6 is 11.6 Å². The second-order valence-electron chi connectivity index (χ2n) is 7.99. The molecule has 3 aromatic rings. The van der Waals surface area contributed by atoms with Gasteiger partial charge in [-0.3, -0.25) is 14.9 Å². The van der Waals surface area contributed by atoms with E-state index in [4.69, 9.17) is 21.1 Å². The lowest BCUT2D eigenvalue weighted by molar-refractivity contribution is -0.122. The minimum Gasteiger partial charge on any atom is -0.490 e. The zero-order valence-electron chi connectivity index (χ0n) is 19.2. The Morgan fingerprint density at radius 3 is 2.17 bits per heavy atom. The molecule has 0 bridgehead atoms. The molecule has 1 aliphatic rings. The molecule has 0 aliphatic carbocycles. The predicted molar refractivity (Wildman–Crippen MR) is 134 cm³/mol. The molecule has 0 spiro atoms. The van der Waals surface area contributed by atoms with Gasteiger partial charge in [-0.25, -0.2) is 9.69 Å². The van der Waals surface area contributed by atoms with Crippen molar-refractivity contribution in [2.75, 3.05) is 18.1 Å². The molecule has 1 saturated heterocycles. The van der Waals surface area contributed by atoms with E-state index in [0.717, 1.165) is 21.8 Å². The molecule has 1 N–H and O–H groups in total. The average molecular weight is 491 g/mol. The first kappa shape index (κ1) is 24.0. The number of amides is 4. The fraction of sp³-hybridized carbons (Fsp3) is 0.148. The van der Waals surface area contributed by atoms with E-state index < -0.39 is 17.8 Å². The molecule has 1 aliphatic heterocycles. The number of nitrogens with zero attached hydrogens (tertiary/aromatic N) is 1. The zero-order valence-corrected chi connectivity index (χ0v) is 20.0. The number of imide groups is 2. The SMILES string of the molecule is Cc1ccc(OCCOc2ccc(Cl)cc2/C=C2/C(=O)NC(=O)N(c3ccc(C)cc3)C2=O)cc1. The van der Waals surface area contributed by atoms with E-state index in [1.54, 1.807) is 42.5 Å². The van der Waals surface area contributed by atoms with Crippen molar-refractivity contribution in [3.63, 3.8) is 0 Å². The molecule has 35 heavy (non-hydrogen) atoms. The fourth-order valence-electron chi connectivity index (χ4n) is 3.45. The van der Waals surface area contributed by atoms with Gasteiger partial charge >= 0.3 is 6.03 Å². The number of carbonyl (C=O) groups excluding carboxylic acids is 3. The van der Waals surface area contributed by atoms with Gasteiger partial charge in [0.05, 0.1) is 5.69 Å². The lowest BCUT2D eigenvalue weighted by Crippen LogP contribution is -2.54. The van der Waals surface area contributed by atoms with Crippen molar-refractivity contribution in [2.24, 2.45) is 0 Å². The van der Waals surface area contributed by atoms with Gasteiger partial charge in [-0.1, -0.05) is 47.0 Å². The second kappa shape index (κ2) is 10.4. The molecule has 1 heterocycles. The van der Waals surface area contributed by atoms with Crippen LogP contribution in [0.15, 0.2) is 72.3 Å². The van der Waals surface area contributed by atoms with Gasteiger partial charge in [0.15, 0.2) is 0 Å². The summed E-state index contributed by atoms with van der Waals surface area (Å²) < 4.78 is 11.5. The van der Waals surface area contributed by atoms with E-state index in [1.165, 1.54) is 6.08 Å². The first-order chi connectivity index (χ1) is 16.8. The van der Waals surface area contributed by atoms with Gasteiger partial charge in [-0.2, -0.15) is 0 Å². The molecule has 0 saturated carbocycles. The van der Waals surface area contributed by atoms with Gasteiger partial charge in [-0.15, -0.1) is 0 Å². The number of ether oxygens (including phenoxy) is 2. The van der Waals surface area contributed by atoms with Crippen LogP contribution < -0.4 is 19.7 Å². The van der Waals surface area contributed by atoms with Crippen molar-refractivity contribution in [3.05, 3.63) is 94.0 Å². The number of halogens is 1. The molecular formula is C27H23ClN2O5. The van der Waals surface area contributed by atoms with E-state index in [9.17, 15) is 14.4 Å². The monoisotopic (exact) mass is 490 g/mol. The molecule has 0 radical (unpaired) electrons. The first-order valence-corrected chi connectivity index (χ1v) is 11.3. The van der Waals surface area contributed by atoms with E-state index >= 15 is 0 Å². The minimum atomic E-state index is -0.808. The average Bonchev–Trinajstić information content (AvgIpc) is 2.83. The summed E-state index contributed by atoms with van der Waals surface area (Å²) in [5.74, 6) is -0.398. The smallest absolute Gasteiger partial charge is 0.335 e. The van der Waals surface area contributed by atoms with Crippen LogP contribution in [0.2, 0.25) is 5.02 Å².